The molecule has 4 atom stereocenters. The summed E-state index contributed by atoms with van der Waals surface area (Å²) < 4.78 is 4.92. The first-order valence-electron chi connectivity index (χ1n) is 8.37. The van der Waals surface area contributed by atoms with Crippen LogP contribution >= 0.6 is 0 Å². The molecule has 132 valence electrons. The molecule has 1 saturated carbocycles. The fourth-order valence-electron chi connectivity index (χ4n) is 3.98. The van der Waals surface area contributed by atoms with Gasteiger partial charge in [0, 0.05) is 5.69 Å². The second kappa shape index (κ2) is 6.35. The highest BCUT2D eigenvalue weighted by molar-refractivity contribution is 5.98. The number of fused-ring (bicyclic) bond motifs is 2. The van der Waals surface area contributed by atoms with E-state index in [4.69, 9.17) is 4.74 Å². The average Bonchev–Trinajstić information content (AvgIpc) is 3.15. The zero-order valence-electron chi connectivity index (χ0n) is 14.2. The fourth-order valence-corrected chi connectivity index (χ4v) is 3.98. The van der Waals surface area contributed by atoms with Gasteiger partial charge in [0.25, 0.3) is 0 Å². The smallest absolute Gasteiger partial charge is 0.338 e. The Labute approximate surface area is 145 Å². The molecule has 0 spiro atoms. The van der Waals surface area contributed by atoms with Crippen LogP contribution in [0, 0.1) is 23.2 Å². The molecule has 2 aliphatic rings. The maximum atomic E-state index is 12.7. The summed E-state index contributed by atoms with van der Waals surface area (Å²) in [6, 6.07) is 6.38. The molecule has 1 aromatic carbocycles. The number of hydrogen-bond acceptors (Lipinski definition) is 4. The van der Waals surface area contributed by atoms with Crippen molar-refractivity contribution in [3.8, 4) is 0 Å². The Bertz CT molecular complexity index is 739. The number of esters is 1. The molecule has 3 rings (SSSR count). The van der Waals surface area contributed by atoms with E-state index in [1.165, 1.54) is 0 Å². The van der Waals surface area contributed by atoms with Gasteiger partial charge < -0.3 is 15.2 Å². The van der Waals surface area contributed by atoms with E-state index >= 15 is 0 Å². The van der Waals surface area contributed by atoms with Crippen LogP contribution < -0.4 is 5.32 Å². The van der Waals surface area contributed by atoms with E-state index in [9.17, 15) is 19.5 Å². The molecule has 2 aliphatic carbocycles. The predicted octanol–water partition coefficient (Wildman–Crippen LogP) is 2.71. The number of carboxylic acid groups (broad SMARTS) is 1. The van der Waals surface area contributed by atoms with Gasteiger partial charge in [0.15, 0.2) is 0 Å². The predicted molar refractivity (Wildman–Crippen MR) is 91.0 cm³/mol. The topological polar surface area (TPSA) is 92.7 Å². The molecule has 6 nitrogen and oxygen atoms in total. The lowest BCUT2D eigenvalue weighted by Crippen LogP contribution is -2.45. The number of carbonyl (C=O) groups is 3. The standard InChI is InChI=1S/C19H21NO5/c1-3-25-17(22)11-5-8-14(9-6-11)20-16(21)15-12-4-7-13(10-12)19(15,2)18(23)24/h4-9,12-13,15H,3,10H2,1-2H3,(H,20,21)(H,23,24)/t12-,13-,15-,19-/m0/s1. The van der Waals surface area contributed by atoms with Gasteiger partial charge >= 0.3 is 11.9 Å². The number of rotatable bonds is 5. The number of benzene rings is 1. The van der Waals surface area contributed by atoms with Gasteiger partial charge in [-0.3, -0.25) is 9.59 Å². The van der Waals surface area contributed by atoms with Gasteiger partial charge in [-0.15, -0.1) is 0 Å². The van der Waals surface area contributed by atoms with Gasteiger partial charge in [-0.2, -0.15) is 0 Å². The van der Waals surface area contributed by atoms with Crippen LogP contribution in [0.1, 0.15) is 30.6 Å². The van der Waals surface area contributed by atoms with Crippen LogP contribution in [-0.2, 0) is 14.3 Å². The molecule has 1 amide bonds. The molecule has 0 aromatic heterocycles. The van der Waals surface area contributed by atoms with E-state index in [0.29, 0.717) is 24.3 Å². The molecular formula is C19H21NO5. The van der Waals surface area contributed by atoms with Crippen molar-refractivity contribution in [2.75, 3.05) is 11.9 Å². The Hall–Kier alpha value is -2.63. The summed E-state index contributed by atoms with van der Waals surface area (Å²) in [6.07, 6.45) is 4.56. The number of aliphatic carboxylic acids is 1. The lowest BCUT2D eigenvalue weighted by molar-refractivity contribution is -0.155. The number of hydrogen-bond donors (Lipinski definition) is 2. The van der Waals surface area contributed by atoms with E-state index in [2.05, 4.69) is 5.32 Å². The average molecular weight is 343 g/mol. The zero-order chi connectivity index (χ0) is 18.2. The lowest BCUT2D eigenvalue weighted by atomic mass is 9.69. The first kappa shape index (κ1) is 17.2. The van der Waals surface area contributed by atoms with Gasteiger partial charge in [0.05, 0.1) is 23.5 Å². The van der Waals surface area contributed by atoms with E-state index < -0.39 is 23.3 Å². The number of carboxylic acids is 1. The van der Waals surface area contributed by atoms with Crippen molar-refractivity contribution >= 4 is 23.5 Å². The van der Waals surface area contributed by atoms with Crippen molar-refractivity contribution in [3.05, 3.63) is 42.0 Å². The second-order valence-electron chi connectivity index (χ2n) is 6.74. The van der Waals surface area contributed by atoms with E-state index in [1.54, 1.807) is 38.1 Å². The van der Waals surface area contributed by atoms with Gasteiger partial charge in [-0.25, -0.2) is 4.79 Å². The molecule has 2 bridgehead atoms. The Morgan fingerprint density at radius 2 is 1.92 bits per heavy atom. The summed E-state index contributed by atoms with van der Waals surface area (Å²) in [4.78, 5) is 36.2. The fraction of sp³-hybridized carbons (Fsp3) is 0.421. The summed E-state index contributed by atoms with van der Waals surface area (Å²) in [5.74, 6) is -2.43. The van der Waals surface area contributed by atoms with Crippen molar-refractivity contribution in [1.29, 1.82) is 0 Å². The number of carbonyl (C=O) groups excluding carboxylic acids is 2. The largest absolute Gasteiger partial charge is 0.481 e. The minimum absolute atomic E-state index is 0.0510. The van der Waals surface area contributed by atoms with Crippen LogP contribution in [0.3, 0.4) is 0 Å². The van der Waals surface area contributed by atoms with E-state index in [-0.39, 0.29) is 17.7 Å². The number of ether oxygens (including phenoxy) is 1. The maximum Gasteiger partial charge on any atom is 0.338 e. The monoisotopic (exact) mass is 343 g/mol. The Balaban J connectivity index is 1.75. The van der Waals surface area contributed by atoms with Crippen molar-refractivity contribution in [2.45, 2.75) is 20.3 Å². The molecule has 0 saturated heterocycles. The van der Waals surface area contributed by atoms with Crippen molar-refractivity contribution in [3.63, 3.8) is 0 Å². The van der Waals surface area contributed by atoms with Crippen LogP contribution in [0.25, 0.3) is 0 Å². The minimum Gasteiger partial charge on any atom is -0.481 e. The molecule has 1 fully saturated rings. The summed E-state index contributed by atoms with van der Waals surface area (Å²) in [5, 5.41) is 12.5. The third-order valence-electron chi connectivity index (χ3n) is 5.37. The van der Waals surface area contributed by atoms with Crippen LogP contribution in [-0.4, -0.2) is 29.6 Å². The number of allylic oxidation sites excluding steroid dienone is 2. The maximum absolute atomic E-state index is 12.7. The molecule has 6 heteroatoms. The van der Waals surface area contributed by atoms with Gasteiger partial charge in [-0.1, -0.05) is 12.2 Å². The number of nitrogens with one attached hydrogen (secondary N) is 1. The number of anilines is 1. The van der Waals surface area contributed by atoms with Crippen LogP contribution in [0.2, 0.25) is 0 Å². The van der Waals surface area contributed by atoms with Gasteiger partial charge in [-0.05, 0) is 56.4 Å². The summed E-state index contributed by atoms with van der Waals surface area (Å²) >= 11 is 0. The van der Waals surface area contributed by atoms with Crippen LogP contribution in [0.15, 0.2) is 36.4 Å². The Kier molecular flexibility index (Phi) is 4.37. The van der Waals surface area contributed by atoms with Crippen molar-refractivity contribution < 1.29 is 24.2 Å². The molecule has 0 unspecified atom stereocenters. The summed E-state index contributed by atoms with van der Waals surface area (Å²) in [5.41, 5.74) is -0.162. The first-order chi connectivity index (χ1) is 11.9. The lowest BCUT2D eigenvalue weighted by Gasteiger charge is -2.33. The highest BCUT2D eigenvalue weighted by Gasteiger charge is 2.60. The quantitative estimate of drug-likeness (QED) is 0.633. The highest BCUT2D eigenvalue weighted by atomic mass is 16.5. The van der Waals surface area contributed by atoms with Gasteiger partial charge in [0.1, 0.15) is 0 Å². The molecule has 1 aromatic rings. The van der Waals surface area contributed by atoms with Crippen molar-refractivity contribution in [1.82, 2.24) is 0 Å². The third-order valence-corrected chi connectivity index (χ3v) is 5.37. The van der Waals surface area contributed by atoms with Crippen LogP contribution in [0.5, 0.6) is 0 Å². The van der Waals surface area contributed by atoms with E-state index in [1.807, 2.05) is 12.2 Å². The highest BCUT2D eigenvalue weighted by Crippen LogP contribution is 2.56. The molecular weight excluding hydrogens is 322 g/mol. The van der Waals surface area contributed by atoms with Crippen molar-refractivity contribution in [2.24, 2.45) is 23.2 Å². The van der Waals surface area contributed by atoms with E-state index in [0.717, 1.165) is 0 Å². The SMILES string of the molecule is CCOC(=O)c1ccc(NC(=O)[C@@H]2[C@H]3C=C[C@@H](C3)[C@]2(C)C(=O)O)cc1. The Morgan fingerprint density at radius 3 is 2.52 bits per heavy atom. The normalized spacial score (nSPS) is 29.4. The first-order valence-corrected chi connectivity index (χ1v) is 8.37. The number of amides is 1. The third kappa shape index (κ3) is 2.81. The minimum atomic E-state index is -1.09. The molecule has 0 aliphatic heterocycles. The van der Waals surface area contributed by atoms with Crippen LogP contribution in [0.4, 0.5) is 5.69 Å². The zero-order valence-corrected chi connectivity index (χ0v) is 14.2. The summed E-state index contributed by atoms with van der Waals surface area (Å²) in [7, 11) is 0. The summed E-state index contributed by atoms with van der Waals surface area (Å²) in [6.45, 7) is 3.68. The molecule has 0 heterocycles. The molecule has 2 N–H and O–H groups in total. The van der Waals surface area contributed by atoms with Gasteiger partial charge in [0.2, 0.25) is 5.91 Å². The second-order valence-corrected chi connectivity index (χ2v) is 6.74. The Morgan fingerprint density at radius 1 is 1.24 bits per heavy atom. The molecule has 0 radical (unpaired) electrons. The molecule has 25 heavy (non-hydrogen) atoms.